The second-order valence-electron chi connectivity index (χ2n) is 3.70. The number of fused-ring (bicyclic) bond motifs is 2. The Morgan fingerprint density at radius 2 is 1.94 bits per heavy atom. The van der Waals surface area contributed by atoms with Gasteiger partial charge in [-0.3, -0.25) is 0 Å². The summed E-state index contributed by atoms with van der Waals surface area (Å²) in [5.74, 6) is 1.71. The summed E-state index contributed by atoms with van der Waals surface area (Å²) in [6.45, 7) is 0.753. The molecule has 0 saturated heterocycles. The monoisotopic (exact) mass is 231 g/mol. The van der Waals surface area contributed by atoms with E-state index in [4.69, 9.17) is 16.3 Å². The Kier molecular flexibility index (Phi) is 2.22. The SMILES string of the molecule is Clc1ccc2c(c1)NCc1ccccc1O2. The zero-order chi connectivity index (χ0) is 11.0. The summed E-state index contributed by atoms with van der Waals surface area (Å²) in [6, 6.07) is 13.6. The summed E-state index contributed by atoms with van der Waals surface area (Å²) in [6.07, 6.45) is 0. The van der Waals surface area contributed by atoms with Gasteiger partial charge in [0.1, 0.15) is 5.75 Å². The van der Waals surface area contributed by atoms with Crippen molar-refractivity contribution in [2.24, 2.45) is 0 Å². The molecular weight excluding hydrogens is 222 g/mol. The van der Waals surface area contributed by atoms with Crippen LogP contribution in [0, 0.1) is 0 Å². The molecule has 0 aliphatic carbocycles. The molecular formula is C13H10ClNO. The Labute approximate surface area is 98.8 Å². The smallest absolute Gasteiger partial charge is 0.150 e. The van der Waals surface area contributed by atoms with Gasteiger partial charge in [-0.25, -0.2) is 0 Å². The van der Waals surface area contributed by atoms with E-state index in [1.807, 2.05) is 36.4 Å². The summed E-state index contributed by atoms with van der Waals surface area (Å²) < 4.78 is 5.84. The molecule has 1 heterocycles. The van der Waals surface area contributed by atoms with Gasteiger partial charge in [0.2, 0.25) is 0 Å². The number of anilines is 1. The van der Waals surface area contributed by atoms with Gasteiger partial charge in [0.05, 0.1) is 5.69 Å². The Balaban J connectivity index is 2.08. The lowest BCUT2D eigenvalue weighted by Crippen LogP contribution is -1.96. The minimum absolute atomic E-state index is 0.709. The van der Waals surface area contributed by atoms with Crippen molar-refractivity contribution in [3.8, 4) is 11.5 Å². The number of rotatable bonds is 0. The van der Waals surface area contributed by atoms with Gasteiger partial charge in [0, 0.05) is 17.1 Å². The molecule has 2 aromatic carbocycles. The lowest BCUT2D eigenvalue weighted by Gasteiger charge is -2.07. The fourth-order valence-corrected chi connectivity index (χ4v) is 1.96. The first-order valence-corrected chi connectivity index (χ1v) is 5.50. The van der Waals surface area contributed by atoms with E-state index in [-0.39, 0.29) is 0 Å². The third-order valence-corrected chi connectivity index (χ3v) is 2.84. The highest BCUT2D eigenvalue weighted by Gasteiger charge is 2.13. The average Bonchev–Trinajstić information content (AvgIpc) is 2.48. The van der Waals surface area contributed by atoms with Crippen LogP contribution in [-0.2, 0) is 6.54 Å². The van der Waals surface area contributed by atoms with Crippen LogP contribution in [0.1, 0.15) is 5.56 Å². The van der Waals surface area contributed by atoms with Crippen molar-refractivity contribution in [1.29, 1.82) is 0 Å². The summed E-state index contributed by atoms with van der Waals surface area (Å²) in [4.78, 5) is 0. The molecule has 2 nitrogen and oxygen atoms in total. The van der Waals surface area contributed by atoms with Crippen LogP contribution in [0.4, 0.5) is 5.69 Å². The molecule has 0 spiro atoms. The molecule has 0 unspecified atom stereocenters. The highest BCUT2D eigenvalue weighted by molar-refractivity contribution is 6.30. The van der Waals surface area contributed by atoms with E-state index in [2.05, 4.69) is 11.4 Å². The standard InChI is InChI=1S/C13H10ClNO/c14-10-5-6-13-11(7-10)15-8-9-3-1-2-4-12(9)16-13/h1-7,15H,8H2. The molecule has 1 aliphatic rings. The van der Waals surface area contributed by atoms with Gasteiger partial charge < -0.3 is 10.1 Å². The maximum atomic E-state index is 5.95. The largest absolute Gasteiger partial charge is 0.455 e. The lowest BCUT2D eigenvalue weighted by atomic mass is 10.2. The van der Waals surface area contributed by atoms with E-state index >= 15 is 0 Å². The molecule has 0 saturated carbocycles. The minimum Gasteiger partial charge on any atom is -0.455 e. The Morgan fingerprint density at radius 1 is 1.06 bits per heavy atom. The maximum Gasteiger partial charge on any atom is 0.150 e. The van der Waals surface area contributed by atoms with Crippen LogP contribution in [-0.4, -0.2) is 0 Å². The first-order chi connectivity index (χ1) is 7.83. The second-order valence-corrected chi connectivity index (χ2v) is 4.14. The fourth-order valence-electron chi connectivity index (χ4n) is 1.79. The Bertz CT molecular complexity index is 539. The van der Waals surface area contributed by atoms with Crippen LogP contribution in [0.3, 0.4) is 0 Å². The second kappa shape index (κ2) is 3.72. The van der Waals surface area contributed by atoms with Crippen molar-refractivity contribution in [3.05, 3.63) is 53.1 Å². The summed E-state index contributed by atoms with van der Waals surface area (Å²) in [7, 11) is 0. The Morgan fingerprint density at radius 3 is 2.88 bits per heavy atom. The summed E-state index contributed by atoms with van der Waals surface area (Å²) >= 11 is 5.95. The molecule has 0 aromatic heterocycles. The predicted octanol–water partition coefficient (Wildman–Crippen LogP) is 4.06. The van der Waals surface area contributed by atoms with Gasteiger partial charge in [-0.1, -0.05) is 29.8 Å². The molecule has 1 aliphatic heterocycles. The number of hydrogen-bond donors (Lipinski definition) is 1. The van der Waals surface area contributed by atoms with Crippen LogP contribution in [0.25, 0.3) is 0 Å². The van der Waals surface area contributed by atoms with Crippen molar-refractivity contribution in [1.82, 2.24) is 0 Å². The van der Waals surface area contributed by atoms with E-state index < -0.39 is 0 Å². The van der Waals surface area contributed by atoms with Gasteiger partial charge in [-0.15, -0.1) is 0 Å². The van der Waals surface area contributed by atoms with Gasteiger partial charge in [-0.05, 0) is 24.3 Å². The highest BCUT2D eigenvalue weighted by atomic mass is 35.5. The quantitative estimate of drug-likeness (QED) is 0.738. The van der Waals surface area contributed by atoms with E-state index in [1.54, 1.807) is 0 Å². The van der Waals surface area contributed by atoms with Crippen molar-refractivity contribution < 1.29 is 4.74 Å². The van der Waals surface area contributed by atoms with Crippen LogP contribution in [0.5, 0.6) is 11.5 Å². The average molecular weight is 232 g/mol. The zero-order valence-corrected chi connectivity index (χ0v) is 9.29. The van der Waals surface area contributed by atoms with Gasteiger partial charge in [0.25, 0.3) is 0 Å². The number of nitrogens with one attached hydrogen (secondary N) is 1. The number of para-hydroxylation sites is 1. The van der Waals surface area contributed by atoms with E-state index in [0.717, 1.165) is 29.3 Å². The molecule has 80 valence electrons. The van der Waals surface area contributed by atoms with Crippen LogP contribution in [0.15, 0.2) is 42.5 Å². The number of hydrogen-bond acceptors (Lipinski definition) is 2. The van der Waals surface area contributed by atoms with Crippen molar-refractivity contribution in [2.75, 3.05) is 5.32 Å². The molecule has 0 bridgehead atoms. The molecule has 3 rings (SSSR count). The summed E-state index contributed by atoms with van der Waals surface area (Å²) in [5, 5.41) is 4.02. The third-order valence-electron chi connectivity index (χ3n) is 2.60. The van der Waals surface area contributed by atoms with Crippen molar-refractivity contribution in [3.63, 3.8) is 0 Å². The molecule has 2 aromatic rings. The predicted molar refractivity (Wildman–Crippen MR) is 65.3 cm³/mol. The van der Waals surface area contributed by atoms with E-state index in [0.29, 0.717) is 5.02 Å². The molecule has 0 atom stereocenters. The third kappa shape index (κ3) is 1.61. The molecule has 0 radical (unpaired) electrons. The topological polar surface area (TPSA) is 21.3 Å². The Hall–Kier alpha value is -1.67. The minimum atomic E-state index is 0.709. The first-order valence-electron chi connectivity index (χ1n) is 5.12. The maximum absolute atomic E-state index is 5.95. The van der Waals surface area contributed by atoms with Crippen molar-refractivity contribution in [2.45, 2.75) is 6.54 Å². The van der Waals surface area contributed by atoms with Crippen LogP contribution < -0.4 is 10.1 Å². The number of ether oxygens (including phenoxy) is 1. The van der Waals surface area contributed by atoms with E-state index in [1.165, 1.54) is 0 Å². The van der Waals surface area contributed by atoms with E-state index in [9.17, 15) is 0 Å². The molecule has 16 heavy (non-hydrogen) atoms. The number of benzene rings is 2. The number of halogens is 1. The fraction of sp³-hybridized carbons (Fsp3) is 0.0769. The van der Waals surface area contributed by atoms with Gasteiger partial charge >= 0.3 is 0 Å². The highest BCUT2D eigenvalue weighted by Crippen LogP contribution is 2.36. The first kappa shape index (κ1) is 9.55. The summed E-state index contributed by atoms with van der Waals surface area (Å²) in [5.41, 5.74) is 2.08. The lowest BCUT2D eigenvalue weighted by molar-refractivity contribution is 0.484. The molecule has 0 fully saturated rings. The zero-order valence-electron chi connectivity index (χ0n) is 8.53. The molecule has 3 heteroatoms. The van der Waals surface area contributed by atoms with Crippen molar-refractivity contribution >= 4 is 17.3 Å². The molecule has 0 amide bonds. The van der Waals surface area contributed by atoms with Crippen LogP contribution in [0.2, 0.25) is 5.02 Å². The van der Waals surface area contributed by atoms with Crippen LogP contribution >= 0.6 is 11.6 Å². The molecule has 1 N–H and O–H groups in total. The normalized spacial score (nSPS) is 12.8. The van der Waals surface area contributed by atoms with Gasteiger partial charge in [-0.2, -0.15) is 0 Å². The van der Waals surface area contributed by atoms with Gasteiger partial charge in [0.15, 0.2) is 5.75 Å².